The average Bonchev–Trinajstić information content (AvgIpc) is 3.15. The number of benzene rings is 1. The highest BCUT2D eigenvalue weighted by Crippen LogP contribution is 2.15. The van der Waals surface area contributed by atoms with Crippen molar-refractivity contribution in [3.63, 3.8) is 0 Å². The molecule has 146 valence electrons. The Morgan fingerprint density at radius 3 is 2.93 bits per heavy atom. The van der Waals surface area contributed by atoms with Gasteiger partial charge in [-0.3, -0.25) is 9.59 Å². The van der Waals surface area contributed by atoms with Crippen molar-refractivity contribution in [2.45, 2.75) is 26.3 Å². The highest BCUT2D eigenvalue weighted by molar-refractivity contribution is 5.93. The molecule has 0 radical (unpaired) electrons. The molecule has 1 aromatic carbocycles. The first kappa shape index (κ1) is 19.4. The van der Waals surface area contributed by atoms with Gasteiger partial charge in [0.2, 0.25) is 5.89 Å². The third-order valence-corrected chi connectivity index (χ3v) is 4.07. The number of carbonyl (C=O) groups is 1. The van der Waals surface area contributed by atoms with Crippen LogP contribution >= 0.6 is 0 Å². The molecule has 0 spiro atoms. The van der Waals surface area contributed by atoms with Crippen molar-refractivity contribution in [2.75, 3.05) is 13.7 Å². The Kier molecular flexibility index (Phi) is 5.95. The number of nitrogens with zero attached hydrogens (tertiary/aromatic N) is 3. The minimum absolute atomic E-state index is 0.0950. The number of carbonyl (C=O) groups excluding carboxylic acids is 1. The second-order valence-electron chi connectivity index (χ2n) is 6.33. The van der Waals surface area contributed by atoms with Gasteiger partial charge in [-0.15, -0.1) is 0 Å². The lowest BCUT2D eigenvalue weighted by Gasteiger charge is -2.09. The molecule has 1 atom stereocenters. The Morgan fingerprint density at radius 2 is 2.21 bits per heavy atom. The van der Waals surface area contributed by atoms with Crippen LogP contribution in [-0.4, -0.2) is 39.7 Å². The Bertz CT molecular complexity index is 1030. The minimum atomic E-state index is -0.575. The van der Waals surface area contributed by atoms with E-state index in [2.05, 4.69) is 25.4 Å². The summed E-state index contributed by atoms with van der Waals surface area (Å²) in [5.41, 5.74) is 1.19. The molecule has 9 nitrogen and oxygen atoms in total. The van der Waals surface area contributed by atoms with Crippen molar-refractivity contribution in [1.29, 1.82) is 0 Å². The second-order valence-corrected chi connectivity index (χ2v) is 6.33. The topological polar surface area (TPSA) is 123 Å². The maximum atomic E-state index is 12.4. The van der Waals surface area contributed by atoms with Crippen LogP contribution in [0.1, 0.15) is 40.6 Å². The molecule has 1 amide bonds. The van der Waals surface area contributed by atoms with E-state index in [1.807, 2.05) is 31.2 Å². The molecule has 0 saturated heterocycles. The predicted molar refractivity (Wildman–Crippen MR) is 101 cm³/mol. The molecule has 0 bridgehead atoms. The smallest absolute Gasteiger partial charge is 0.264 e. The van der Waals surface area contributed by atoms with E-state index in [4.69, 9.17) is 9.26 Å². The summed E-state index contributed by atoms with van der Waals surface area (Å²) >= 11 is 0. The number of aryl methyl sites for hydroxylation is 1. The molecule has 28 heavy (non-hydrogen) atoms. The molecule has 0 aliphatic rings. The van der Waals surface area contributed by atoms with Gasteiger partial charge in [-0.05, 0) is 19.9 Å². The first-order chi connectivity index (χ1) is 13.5. The molecule has 0 saturated carbocycles. The number of hydrogen-bond donors (Lipinski definition) is 2. The molecule has 3 rings (SSSR count). The lowest BCUT2D eigenvalue weighted by atomic mass is 10.1. The van der Waals surface area contributed by atoms with Gasteiger partial charge in [-0.1, -0.05) is 28.9 Å². The lowest BCUT2D eigenvalue weighted by molar-refractivity contribution is 0.0930. The van der Waals surface area contributed by atoms with Crippen molar-refractivity contribution in [1.82, 2.24) is 25.4 Å². The zero-order chi connectivity index (χ0) is 20.1. The Labute approximate surface area is 161 Å². The van der Waals surface area contributed by atoms with E-state index in [0.717, 1.165) is 11.1 Å². The number of aromatic amines is 1. The van der Waals surface area contributed by atoms with Gasteiger partial charge in [0, 0.05) is 25.3 Å². The maximum Gasteiger partial charge on any atom is 0.264 e. The molecule has 2 N–H and O–H groups in total. The SMILES string of the molecule is COCCc1noc([C@@H](C)NC(=O)c2cnc(-c3cccc(C)c3)[nH]c2=O)n1. The zero-order valence-corrected chi connectivity index (χ0v) is 15.9. The van der Waals surface area contributed by atoms with Gasteiger partial charge in [-0.25, -0.2) is 4.98 Å². The summed E-state index contributed by atoms with van der Waals surface area (Å²) in [4.78, 5) is 35.9. The van der Waals surface area contributed by atoms with E-state index >= 15 is 0 Å². The van der Waals surface area contributed by atoms with E-state index in [1.165, 1.54) is 6.20 Å². The normalized spacial score (nSPS) is 12.0. The Balaban J connectivity index is 1.72. The summed E-state index contributed by atoms with van der Waals surface area (Å²) in [6, 6.07) is 6.99. The fraction of sp³-hybridized carbons (Fsp3) is 0.316. The fourth-order valence-electron chi connectivity index (χ4n) is 2.57. The summed E-state index contributed by atoms with van der Waals surface area (Å²) in [5, 5.41) is 6.49. The van der Waals surface area contributed by atoms with Gasteiger partial charge in [0.25, 0.3) is 11.5 Å². The van der Waals surface area contributed by atoms with Crippen LogP contribution in [0.4, 0.5) is 0 Å². The summed E-state index contributed by atoms with van der Waals surface area (Å²) in [5.74, 6) is 0.562. The van der Waals surface area contributed by atoms with Crippen LogP contribution in [0.15, 0.2) is 39.8 Å². The number of amides is 1. The third-order valence-electron chi connectivity index (χ3n) is 4.07. The highest BCUT2D eigenvalue weighted by Gasteiger charge is 2.20. The van der Waals surface area contributed by atoms with E-state index < -0.39 is 17.5 Å². The Morgan fingerprint density at radius 1 is 1.39 bits per heavy atom. The van der Waals surface area contributed by atoms with Crippen molar-refractivity contribution < 1.29 is 14.1 Å². The largest absolute Gasteiger partial charge is 0.384 e. The minimum Gasteiger partial charge on any atom is -0.384 e. The molecule has 3 aromatic rings. The molecular formula is C19H21N5O4. The predicted octanol–water partition coefficient (Wildman–Crippen LogP) is 1.81. The van der Waals surface area contributed by atoms with Crippen LogP contribution in [0.3, 0.4) is 0 Å². The van der Waals surface area contributed by atoms with E-state index in [-0.39, 0.29) is 11.5 Å². The first-order valence-corrected chi connectivity index (χ1v) is 8.76. The summed E-state index contributed by atoms with van der Waals surface area (Å²) in [6.45, 7) is 4.10. The van der Waals surface area contributed by atoms with Gasteiger partial charge in [0.15, 0.2) is 5.82 Å². The molecule has 9 heteroatoms. The number of aromatic nitrogens is 4. The van der Waals surface area contributed by atoms with Gasteiger partial charge >= 0.3 is 0 Å². The summed E-state index contributed by atoms with van der Waals surface area (Å²) in [7, 11) is 1.58. The second kappa shape index (κ2) is 8.57. The van der Waals surface area contributed by atoms with Crippen molar-refractivity contribution in [3.05, 3.63) is 63.7 Å². The van der Waals surface area contributed by atoms with Crippen molar-refractivity contribution in [2.24, 2.45) is 0 Å². The maximum absolute atomic E-state index is 12.4. The van der Waals surface area contributed by atoms with Crippen LogP contribution in [0.2, 0.25) is 0 Å². The number of rotatable bonds is 7. The first-order valence-electron chi connectivity index (χ1n) is 8.76. The summed E-state index contributed by atoms with van der Waals surface area (Å²) in [6.07, 6.45) is 1.76. The van der Waals surface area contributed by atoms with Gasteiger partial charge in [-0.2, -0.15) is 4.98 Å². The number of hydrogen-bond acceptors (Lipinski definition) is 7. The number of ether oxygens (including phenoxy) is 1. The lowest BCUT2D eigenvalue weighted by Crippen LogP contribution is -2.32. The van der Waals surface area contributed by atoms with Crippen LogP contribution in [-0.2, 0) is 11.2 Å². The van der Waals surface area contributed by atoms with E-state index in [0.29, 0.717) is 24.7 Å². The van der Waals surface area contributed by atoms with Crippen LogP contribution in [0.5, 0.6) is 0 Å². The van der Waals surface area contributed by atoms with Crippen LogP contribution in [0, 0.1) is 6.92 Å². The third kappa shape index (κ3) is 4.49. The van der Waals surface area contributed by atoms with Gasteiger partial charge in [0.1, 0.15) is 17.4 Å². The van der Waals surface area contributed by atoms with Gasteiger partial charge < -0.3 is 19.6 Å². The van der Waals surface area contributed by atoms with E-state index in [9.17, 15) is 9.59 Å². The fourth-order valence-corrected chi connectivity index (χ4v) is 2.57. The van der Waals surface area contributed by atoms with E-state index in [1.54, 1.807) is 14.0 Å². The monoisotopic (exact) mass is 383 g/mol. The number of H-pyrrole nitrogens is 1. The molecular weight excluding hydrogens is 362 g/mol. The van der Waals surface area contributed by atoms with Crippen molar-refractivity contribution >= 4 is 5.91 Å². The molecule has 0 unspecified atom stereocenters. The average molecular weight is 383 g/mol. The quantitative estimate of drug-likeness (QED) is 0.638. The highest BCUT2D eigenvalue weighted by atomic mass is 16.5. The molecule has 0 fully saturated rings. The molecule has 2 aromatic heterocycles. The number of nitrogens with one attached hydrogen (secondary N) is 2. The molecule has 0 aliphatic heterocycles. The molecule has 0 aliphatic carbocycles. The molecule has 2 heterocycles. The number of methoxy groups -OCH3 is 1. The standard InChI is InChI=1S/C19H21N5O4/c1-11-5-4-6-13(9-11)16-20-10-14(18(26)23-16)17(25)21-12(2)19-22-15(24-28-19)7-8-27-3/h4-6,9-10,12H,7-8H2,1-3H3,(H,21,25)(H,20,23,26)/t12-/m1/s1. The van der Waals surface area contributed by atoms with Crippen LogP contribution in [0.25, 0.3) is 11.4 Å². The summed E-state index contributed by atoms with van der Waals surface area (Å²) < 4.78 is 10.1. The Hall–Kier alpha value is -3.33. The van der Waals surface area contributed by atoms with Crippen molar-refractivity contribution in [3.8, 4) is 11.4 Å². The van der Waals surface area contributed by atoms with Crippen LogP contribution < -0.4 is 10.9 Å². The zero-order valence-electron chi connectivity index (χ0n) is 15.9. The van der Waals surface area contributed by atoms with Gasteiger partial charge in [0.05, 0.1) is 6.61 Å².